The summed E-state index contributed by atoms with van der Waals surface area (Å²) in [6, 6.07) is 0.563. The number of hydrogen-bond donors (Lipinski definition) is 2. The van der Waals surface area contributed by atoms with Gasteiger partial charge >= 0.3 is 5.97 Å². The van der Waals surface area contributed by atoms with Gasteiger partial charge in [-0.1, -0.05) is 6.08 Å². The van der Waals surface area contributed by atoms with E-state index in [0.29, 0.717) is 31.0 Å². The number of nitrogens with two attached hydrogens (primary N) is 1. The SMILES string of the molecule is NCC/C=C(/Cc1cn(C2CCC2)cn1)C(=O)O. The fraction of sp³-hybridized carbons (Fsp3) is 0.538. The number of aromatic nitrogens is 2. The van der Waals surface area contributed by atoms with E-state index in [1.54, 1.807) is 6.08 Å². The molecular formula is C13H19N3O2. The zero-order valence-electron chi connectivity index (χ0n) is 10.4. The monoisotopic (exact) mass is 249 g/mol. The zero-order chi connectivity index (χ0) is 13.0. The maximum atomic E-state index is 11.1. The van der Waals surface area contributed by atoms with Crippen molar-refractivity contribution < 1.29 is 9.90 Å². The summed E-state index contributed by atoms with van der Waals surface area (Å²) in [5.74, 6) is -0.887. The molecule has 1 aromatic rings. The van der Waals surface area contributed by atoms with Gasteiger partial charge in [0.1, 0.15) is 0 Å². The molecule has 0 saturated heterocycles. The molecule has 98 valence electrons. The summed E-state index contributed by atoms with van der Waals surface area (Å²) in [7, 11) is 0. The third kappa shape index (κ3) is 2.98. The molecule has 1 heterocycles. The van der Waals surface area contributed by atoms with Gasteiger partial charge in [0, 0.05) is 24.2 Å². The first-order valence-corrected chi connectivity index (χ1v) is 6.35. The van der Waals surface area contributed by atoms with Crippen molar-refractivity contribution in [3.05, 3.63) is 29.9 Å². The van der Waals surface area contributed by atoms with E-state index >= 15 is 0 Å². The third-order valence-electron chi connectivity index (χ3n) is 3.35. The Bertz CT molecular complexity index is 447. The van der Waals surface area contributed by atoms with Gasteiger partial charge in [-0.2, -0.15) is 0 Å². The summed E-state index contributed by atoms with van der Waals surface area (Å²) in [4.78, 5) is 15.4. The molecule has 1 saturated carbocycles. The van der Waals surface area contributed by atoms with Crippen molar-refractivity contribution in [2.75, 3.05) is 6.54 Å². The zero-order valence-corrected chi connectivity index (χ0v) is 10.4. The van der Waals surface area contributed by atoms with Crippen molar-refractivity contribution in [1.82, 2.24) is 9.55 Å². The predicted octanol–water partition coefficient (Wildman–Crippen LogP) is 1.51. The van der Waals surface area contributed by atoms with Crippen molar-refractivity contribution in [3.8, 4) is 0 Å². The van der Waals surface area contributed by atoms with Gasteiger partial charge in [-0.25, -0.2) is 9.78 Å². The van der Waals surface area contributed by atoms with E-state index in [-0.39, 0.29) is 0 Å². The molecule has 0 unspecified atom stereocenters. The molecule has 1 fully saturated rings. The van der Waals surface area contributed by atoms with E-state index in [0.717, 1.165) is 5.69 Å². The molecule has 0 bridgehead atoms. The summed E-state index contributed by atoms with van der Waals surface area (Å²) in [5.41, 5.74) is 6.57. The number of carboxylic acids is 1. The highest BCUT2D eigenvalue weighted by atomic mass is 16.4. The Morgan fingerprint density at radius 3 is 2.94 bits per heavy atom. The number of nitrogens with zero attached hydrogens (tertiary/aromatic N) is 2. The smallest absolute Gasteiger partial charge is 0.331 e. The van der Waals surface area contributed by atoms with Gasteiger partial charge in [-0.3, -0.25) is 0 Å². The van der Waals surface area contributed by atoms with Crippen LogP contribution in [0.15, 0.2) is 24.2 Å². The molecule has 5 nitrogen and oxygen atoms in total. The number of hydrogen-bond acceptors (Lipinski definition) is 3. The van der Waals surface area contributed by atoms with Gasteiger partial charge < -0.3 is 15.4 Å². The Hall–Kier alpha value is -1.62. The lowest BCUT2D eigenvalue weighted by Gasteiger charge is -2.26. The molecule has 3 N–H and O–H groups in total. The molecule has 2 rings (SSSR count). The fourth-order valence-electron chi connectivity index (χ4n) is 2.04. The number of carbonyl (C=O) groups is 1. The van der Waals surface area contributed by atoms with Crippen LogP contribution in [0.25, 0.3) is 0 Å². The lowest BCUT2D eigenvalue weighted by molar-refractivity contribution is -0.132. The van der Waals surface area contributed by atoms with E-state index in [1.165, 1.54) is 19.3 Å². The lowest BCUT2D eigenvalue weighted by Crippen LogP contribution is -2.15. The van der Waals surface area contributed by atoms with Gasteiger partial charge in [0.05, 0.1) is 12.0 Å². The standard InChI is InChI=1S/C13H19N3O2/c14-6-2-3-10(13(17)18)7-11-8-16(9-15-11)12-4-1-5-12/h3,8-9,12H,1-2,4-7,14H2,(H,17,18)/b10-3-. The molecule has 1 aliphatic carbocycles. The number of imidazole rings is 1. The molecule has 5 heteroatoms. The Morgan fingerprint density at radius 2 is 2.39 bits per heavy atom. The summed E-state index contributed by atoms with van der Waals surface area (Å²) < 4.78 is 2.10. The van der Waals surface area contributed by atoms with Crippen LogP contribution in [0.5, 0.6) is 0 Å². The third-order valence-corrected chi connectivity index (χ3v) is 3.35. The van der Waals surface area contributed by atoms with Crippen LogP contribution in [-0.4, -0.2) is 27.2 Å². The van der Waals surface area contributed by atoms with Crippen LogP contribution >= 0.6 is 0 Å². The maximum Gasteiger partial charge on any atom is 0.331 e. The van der Waals surface area contributed by atoms with Crippen molar-refractivity contribution >= 4 is 5.97 Å². The number of carboxylic acid groups (broad SMARTS) is 1. The van der Waals surface area contributed by atoms with Crippen molar-refractivity contribution in [2.24, 2.45) is 5.73 Å². The minimum atomic E-state index is -0.887. The Labute approximate surface area is 106 Å². The van der Waals surface area contributed by atoms with Crippen molar-refractivity contribution in [1.29, 1.82) is 0 Å². The quantitative estimate of drug-likeness (QED) is 0.749. The largest absolute Gasteiger partial charge is 0.478 e. The molecule has 0 aliphatic heterocycles. The van der Waals surface area contributed by atoms with Gasteiger partial charge in [0.25, 0.3) is 0 Å². The fourth-order valence-corrected chi connectivity index (χ4v) is 2.04. The Morgan fingerprint density at radius 1 is 1.61 bits per heavy atom. The summed E-state index contributed by atoms with van der Waals surface area (Å²) >= 11 is 0. The molecule has 1 aliphatic rings. The molecule has 1 aromatic heterocycles. The van der Waals surface area contributed by atoms with Crippen LogP contribution in [0.3, 0.4) is 0 Å². The van der Waals surface area contributed by atoms with Crippen LogP contribution in [0, 0.1) is 0 Å². The van der Waals surface area contributed by atoms with E-state index in [4.69, 9.17) is 10.8 Å². The van der Waals surface area contributed by atoms with Crippen molar-refractivity contribution in [2.45, 2.75) is 38.1 Å². The second-order valence-corrected chi connectivity index (χ2v) is 4.69. The minimum Gasteiger partial charge on any atom is -0.478 e. The second kappa shape index (κ2) is 5.82. The molecule has 0 radical (unpaired) electrons. The molecule has 0 aromatic carbocycles. The Balaban J connectivity index is 2.02. The van der Waals surface area contributed by atoms with E-state index < -0.39 is 5.97 Å². The minimum absolute atomic E-state index is 0.370. The van der Waals surface area contributed by atoms with Gasteiger partial charge in [-0.05, 0) is 32.2 Å². The lowest BCUT2D eigenvalue weighted by atomic mass is 9.93. The first kappa shape index (κ1) is 12.8. The van der Waals surface area contributed by atoms with Crippen LogP contribution < -0.4 is 5.73 Å². The highest BCUT2D eigenvalue weighted by molar-refractivity contribution is 5.86. The second-order valence-electron chi connectivity index (χ2n) is 4.69. The summed E-state index contributed by atoms with van der Waals surface area (Å²) in [6.45, 7) is 0.466. The Kier molecular flexibility index (Phi) is 4.15. The molecule has 0 amide bonds. The van der Waals surface area contributed by atoms with Crippen LogP contribution in [0.4, 0.5) is 0 Å². The molecule has 0 spiro atoms. The normalized spacial score (nSPS) is 16.6. The van der Waals surface area contributed by atoms with E-state index in [2.05, 4.69) is 9.55 Å². The highest BCUT2D eigenvalue weighted by Crippen LogP contribution is 2.31. The van der Waals surface area contributed by atoms with Crippen LogP contribution in [0.2, 0.25) is 0 Å². The topological polar surface area (TPSA) is 81.1 Å². The first-order valence-electron chi connectivity index (χ1n) is 6.35. The van der Waals surface area contributed by atoms with E-state index in [9.17, 15) is 4.79 Å². The summed E-state index contributed by atoms with van der Waals surface area (Å²) in [6.07, 6.45) is 10.1. The average molecular weight is 249 g/mol. The van der Waals surface area contributed by atoms with Crippen molar-refractivity contribution in [3.63, 3.8) is 0 Å². The predicted molar refractivity (Wildman–Crippen MR) is 68.2 cm³/mol. The first-order chi connectivity index (χ1) is 8.70. The van der Waals surface area contributed by atoms with E-state index in [1.807, 2.05) is 12.5 Å². The van der Waals surface area contributed by atoms with Gasteiger partial charge in [0.2, 0.25) is 0 Å². The van der Waals surface area contributed by atoms with Crippen LogP contribution in [0.1, 0.15) is 37.4 Å². The van der Waals surface area contributed by atoms with Gasteiger partial charge in [0.15, 0.2) is 0 Å². The molecule has 0 atom stereocenters. The molecule has 18 heavy (non-hydrogen) atoms. The summed E-state index contributed by atoms with van der Waals surface area (Å²) in [5, 5.41) is 9.09. The average Bonchev–Trinajstić information content (AvgIpc) is 2.69. The molecular weight excluding hydrogens is 230 g/mol. The van der Waals surface area contributed by atoms with Crippen LogP contribution in [-0.2, 0) is 11.2 Å². The number of aliphatic carboxylic acids is 1. The maximum absolute atomic E-state index is 11.1. The number of rotatable bonds is 6. The van der Waals surface area contributed by atoms with Gasteiger partial charge in [-0.15, -0.1) is 0 Å². The highest BCUT2D eigenvalue weighted by Gasteiger charge is 2.19.